The number of aromatic nitrogens is 4. The summed E-state index contributed by atoms with van der Waals surface area (Å²) in [5.74, 6) is 1.48. The molecule has 0 radical (unpaired) electrons. The second-order valence-corrected chi connectivity index (χ2v) is 7.20. The molecule has 128 valence electrons. The minimum atomic E-state index is -0.172. The number of amides is 1. The van der Waals surface area contributed by atoms with Gasteiger partial charge < -0.3 is 4.90 Å². The summed E-state index contributed by atoms with van der Waals surface area (Å²) in [7, 11) is 0. The molecule has 0 aliphatic carbocycles. The Morgan fingerprint density at radius 3 is 2.80 bits per heavy atom. The molecule has 3 aromatic rings. The van der Waals surface area contributed by atoms with E-state index in [1.807, 2.05) is 11.0 Å². The highest BCUT2D eigenvalue weighted by Crippen LogP contribution is 2.38. The summed E-state index contributed by atoms with van der Waals surface area (Å²) in [6.45, 7) is 5.00. The first-order chi connectivity index (χ1) is 12.0. The number of hydrogen-bond donors (Lipinski definition) is 0. The van der Waals surface area contributed by atoms with Crippen molar-refractivity contribution in [1.82, 2.24) is 24.5 Å². The third-order valence-electron chi connectivity index (χ3n) is 4.92. The molecule has 1 aliphatic rings. The van der Waals surface area contributed by atoms with Crippen LogP contribution in [-0.4, -0.2) is 42.5 Å². The number of benzene rings is 1. The average molecular weight is 335 g/mol. The van der Waals surface area contributed by atoms with Gasteiger partial charge in [-0.3, -0.25) is 4.79 Å². The van der Waals surface area contributed by atoms with E-state index < -0.39 is 0 Å². The summed E-state index contributed by atoms with van der Waals surface area (Å²) in [6, 6.07) is 12.2. The Balaban J connectivity index is 1.52. The van der Waals surface area contributed by atoms with Gasteiger partial charge in [-0.2, -0.15) is 4.98 Å². The first kappa shape index (κ1) is 15.7. The van der Waals surface area contributed by atoms with Gasteiger partial charge in [0.05, 0.1) is 6.42 Å². The topological polar surface area (TPSA) is 63.4 Å². The molecule has 1 fully saturated rings. The smallest absolute Gasteiger partial charge is 0.252 e. The van der Waals surface area contributed by atoms with Crippen molar-refractivity contribution in [3.8, 4) is 0 Å². The molecular weight excluding hydrogens is 314 g/mol. The van der Waals surface area contributed by atoms with E-state index >= 15 is 0 Å². The molecule has 1 saturated heterocycles. The third-order valence-corrected chi connectivity index (χ3v) is 4.92. The summed E-state index contributed by atoms with van der Waals surface area (Å²) in [5.41, 5.74) is 1.12. The molecule has 0 N–H and O–H groups in total. The predicted octanol–water partition coefficient (Wildman–Crippen LogP) is 2.46. The average Bonchev–Trinajstić information content (AvgIpc) is 3.15. The third kappa shape index (κ3) is 2.99. The summed E-state index contributed by atoms with van der Waals surface area (Å²) in [5, 5.41) is 4.34. The van der Waals surface area contributed by atoms with Crippen molar-refractivity contribution >= 4 is 11.7 Å². The van der Waals surface area contributed by atoms with E-state index in [0.717, 1.165) is 13.0 Å². The molecule has 25 heavy (non-hydrogen) atoms. The lowest BCUT2D eigenvalue weighted by molar-refractivity contribution is -0.133. The van der Waals surface area contributed by atoms with E-state index in [9.17, 15) is 4.79 Å². The minimum absolute atomic E-state index is 0.0688. The zero-order valence-electron chi connectivity index (χ0n) is 14.5. The lowest BCUT2D eigenvalue weighted by Crippen LogP contribution is -2.43. The molecule has 3 heterocycles. The zero-order chi connectivity index (χ0) is 17.4. The van der Waals surface area contributed by atoms with Gasteiger partial charge in [0.2, 0.25) is 5.91 Å². The van der Waals surface area contributed by atoms with Gasteiger partial charge in [-0.1, -0.05) is 30.3 Å². The zero-order valence-corrected chi connectivity index (χ0v) is 14.5. The fourth-order valence-electron chi connectivity index (χ4n) is 3.71. The van der Waals surface area contributed by atoms with E-state index in [1.165, 1.54) is 5.56 Å². The van der Waals surface area contributed by atoms with Crippen molar-refractivity contribution < 1.29 is 4.79 Å². The maximum absolute atomic E-state index is 12.9. The predicted molar refractivity (Wildman–Crippen MR) is 94.1 cm³/mol. The number of nitrogens with zero attached hydrogens (tertiary/aromatic N) is 5. The summed E-state index contributed by atoms with van der Waals surface area (Å²) < 4.78 is 1.60. The molecular formula is C19H21N5O. The van der Waals surface area contributed by atoms with E-state index in [2.05, 4.69) is 53.2 Å². The molecule has 6 heteroatoms. The van der Waals surface area contributed by atoms with Crippen molar-refractivity contribution in [2.45, 2.75) is 38.1 Å². The van der Waals surface area contributed by atoms with Crippen LogP contribution in [0.2, 0.25) is 0 Å². The number of hydrogen-bond acceptors (Lipinski definition) is 4. The standard InChI is InChI=1S/C19H21N5O/c1-19(2)12-15(14-7-4-3-5-8-14)13-23(19)17(25)11-16-21-18-20-9-6-10-24(18)22-16/h3-10,15H,11-13H2,1-2H3. The highest BCUT2D eigenvalue weighted by Gasteiger charge is 2.41. The van der Waals surface area contributed by atoms with Gasteiger partial charge >= 0.3 is 0 Å². The van der Waals surface area contributed by atoms with Gasteiger partial charge in [0.25, 0.3) is 5.78 Å². The van der Waals surface area contributed by atoms with Crippen LogP contribution in [0.25, 0.3) is 5.78 Å². The molecule has 2 aromatic heterocycles. The Morgan fingerprint density at radius 1 is 1.24 bits per heavy atom. The number of fused-ring (bicyclic) bond motifs is 1. The summed E-state index contributed by atoms with van der Waals surface area (Å²) >= 11 is 0. The van der Waals surface area contributed by atoms with E-state index in [4.69, 9.17) is 0 Å². The monoisotopic (exact) mass is 335 g/mol. The molecule has 6 nitrogen and oxygen atoms in total. The molecule has 1 aromatic carbocycles. The van der Waals surface area contributed by atoms with Crippen LogP contribution in [0.15, 0.2) is 48.8 Å². The normalized spacial score (nSPS) is 19.4. The Morgan fingerprint density at radius 2 is 2.04 bits per heavy atom. The molecule has 1 aliphatic heterocycles. The van der Waals surface area contributed by atoms with Crippen LogP contribution in [0.1, 0.15) is 37.6 Å². The van der Waals surface area contributed by atoms with Crippen molar-refractivity contribution in [2.75, 3.05) is 6.54 Å². The lowest BCUT2D eigenvalue weighted by atomic mass is 9.91. The largest absolute Gasteiger partial charge is 0.337 e. The van der Waals surface area contributed by atoms with Gasteiger partial charge in [-0.15, -0.1) is 5.10 Å². The van der Waals surface area contributed by atoms with Crippen molar-refractivity contribution in [2.24, 2.45) is 0 Å². The molecule has 4 rings (SSSR count). The first-order valence-electron chi connectivity index (χ1n) is 8.55. The first-order valence-corrected chi connectivity index (χ1v) is 8.55. The Hall–Kier alpha value is -2.76. The van der Waals surface area contributed by atoms with Crippen LogP contribution in [0.5, 0.6) is 0 Å². The Bertz CT molecular complexity index is 869. The van der Waals surface area contributed by atoms with Crippen LogP contribution >= 0.6 is 0 Å². The highest BCUT2D eigenvalue weighted by molar-refractivity contribution is 5.79. The number of carbonyl (C=O) groups is 1. The fraction of sp³-hybridized carbons (Fsp3) is 0.368. The molecule has 0 spiro atoms. The maximum Gasteiger partial charge on any atom is 0.252 e. The molecule has 1 atom stereocenters. The SMILES string of the molecule is CC1(C)CC(c2ccccc2)CN1C(=O)Cc1nc2ncccn2n1. The van der Waals surface area contributed by atoms with Gasteiger partial charge in [-0.05, 0) is 31.9 Å². The van der Waals surface area contributed by atoms with Crippen molar-refractivity contribution in [3.05, 3.63) is 60.2 Å². The minimum Gasteiger partial charge on any atom is -0.337 e. The van der Waals surface area contributed by atoms with Crippen LogP contribution < -0.4 is 0 Å². The maximum atomic E-state index is 12.9. The quantitative estimate of drug-likeness (QED) is 0.737. The van der Waals surface area contributed by atoms with Crippen LogP contribution in [-0.2, 0) is 11.2 Å². The number of carbonyl (C=O) groups excluding carboxylic acids is 1. The summed E-state index contributed by atoms with van der Waals surface area (Å²) in [6.07, 6.45) is 4.62. The highest BCUT2D eigenvalue weighted by atomic mass is 16.2. The van der Waals surface area contributed by atoms with Crippen molar-refractivity contribution in [1.29, 1.82) is 0 Å². The number of rotatable bonds is 3. The lowest BCUT2D eigenvalue weighted by Gasteiger charge is -2.31. The number of likely N-dealkylation sites (tertiary alicyclic amines) is 1. The molecule has 1 amide bonds. The second kappa shape index (κ2) is 5.95. The van der Waals surface area contributed by atoms with E-state index in [-0.39, 0.29) is 17.9 Å². The van der Waals surface area contributed by atoms with Gasteiger partial charge in [0.15, 0.2) is 5.82 Å². The van der Waals surface area contributed by atoms with Crippen molar-refractivity contribution in [3.63, 3.8) is 0 Å². The molecule has 0 bridgehead atoms. The van der Waals surface area contributed by atoms with Crippen LogP contribution in [0.4, 0.5) is 0 Å². The van der Waals surface area contributed by atoms with Crippen LogP contribution in [0.3, 0.4) is 0 Å². The summed E-state index contributed by atoms with van der Waals surface area (Å²) in [4.78, 5) is 23.4. The Kier molecular flexibility index (Phi) is 3.75. The van der Waals surface area contributed by atoms with E-state index in [1.54, 1.807) is 23.0 Å². The molecule has 1 unspecified atom stereocenters. The van der Waals surface area contributed by atoms with Gasteiger partial charge in [-0.25, -0.2) is 9.50 Å². The van der Waals surface area contributed by atoms with Gasteiger partial charge in [0.1, 0.15) is 0 Å². The van der Waals surface area contributed by atoms with Gasteiger partial charge in [0, 0.05) is 30.4 Å². The fourth-order valence-corrected chi connectivity index (χ4v) is 3.71. The van der Waals surface area contributed by atoms with Crippen LogP contribution in [0, 0.1) is 0 Å². The molecule has 0 saturated carbocycles. The Labute approximate surface area is 146 Å². The second-order valence-electron chi connectivity index (χ2n) is 7.20. The van der Waals surface area contributed by atoms with E-state index in [0.29, 0.717) is 17.5 Å².